The number of rotatable bonds is 3. The normalized spacial score (nSPS) is 15.7. The molecule has 6 nitrogen and oxygen atoms in total. The van der Waals surface area contributed by atoms with E-state index in [1.165, 1.54) is 6.33 Å². The molecule has 0 atom stereocenters. The van der Waals surface area contributed by atoms with E-state index in [-0.39, 0.29) is 5.91 Å². The Bertz CT molecular complexity index is 454. The zero-order chi connectivity index (χ0) is 13.8. The van der Waals surface area contributed by atoms with Gasteiger partial charge in [-0.3, -0.25) is 4.79 Å². The number of nitrogens with two attached hydrogens (primary N) is 1. The molecule has 1 amide bonds. The van der Waals surface area contributed by atoms with Crippen molar-refractivity contribution in [2.75, 3.05) is 36.8 Å². The van der Waals surface area contributed by atoms with Gasteiger partial charge in [-0.1, -0.05) is 13.3 Å². The molecule has 6 heteroatoms. The Morgan fingerprint density at radius 2 is 2.00 bits per heavy atom. The molecular formula is C13H21N5O. The highest BCUT2D eigenvalue weighted by Crippen LogP contribution is 2.24. The second kappa shape index (κ2) is 5.86. The average Bonchev–Trinajstić information content (AvgIpc) is 2.41. The predicted octanol–water partition coefficient (Wildman–Crippen LogP) is 0.680. The van der Waals surface area contributed by atoms with Crippen molar-refractivity contribution in [3.05, 3.63) is 11.9 Å². The number of piperazine rings is 1. The SMILES string of the molecule is CCCc1c(N)ncnc1N1CCN(C(C)=O)CC1. The number of nitrogen functional groups attached to an aromatic ring is 1. The lowest BCUT2D eigenvalue weighted by Gasteiger charge is -2.35. The summed E-state index contributed by atoms with van der Waals surface area (Å²) in [4.78, 5) is 23.8. The lowest BCUT2D eigenvalue weighted by Crippen LogP contribution is -2.48. The Kier molecular flexibility index (Phi) is 4.19. The maximum atomic E-state index is 11.3. The number of anilines is 2. The van der Waals surface area contributed by atoms with Gasteiger partial charge in [0.05, 0.1) is 0 Å². The van der Waals surface area contributed by atoms with E-state index in [4.69, 9.17) is 5.73 Å². The molecule has 104 valence electrons. The maximum absolute atomic E-state index is 11.3. The van der Waals surface area contributed by atoms with Crippen LogP contribution in [0.5, 0.6) is 0 Å². The average molecular weight is 263 g/mol. The molecule has 0 unspecified atom stereocenters. The van der Waals surface area contributed by atoms with E-state index in [9.17, 15) is 4.79 Å². The Hall–Kier alpha value is -1.85. The number of carbonyl (C=O) groups is 1. The molecule has 1 fully saturated rings. The van der Waals surface area contributed by atoms with Gasteiger partial charge >= 0.3 is 0 Å². The van der Waals surface area contributed by atoms with Crippen molar-refractivity contribution in [3.8, 4) is 0 Å². The van der Waals surface area contributed by atoms with Crippen LogP contribution in [0.15, 0.2) is 6.33 Å². The van der Waals surface area contributed by atoms with Crippen LogP contribution in [0.2, 0.25) is 0 Å². The number of hydrogen-bond donors (Lipinski definition) is 1. The minimum absolute atomic E-state index is 0.135. The fourth-order valence-corrected chi connectivity index (χ4v) is 2.41. The molecule has 0 saturated carbocycles. The molecule has 2 N–H and O–H groups in total. The number of hydrogen-bond acceptors (Lipinski definition) is 5. The van der Waals surface area contributed by atoms with E-state index in [0.717, 1.165) is 50.4 Å². The molecule has 1 aliphatic heterocycles. The molecule has 0 bridgehead atoms. The van der Waals surface area contributed by atoms with Gasteiger partial charge in [0.2, 0.25) is 5.91 Å². The van der Waals surface area contributed by atoms with Crippen molar-refractivity contribution in [2.45, 2.75) is 26.7 Å². The first kappa shape index (κ1) is 13.6. The van der Waals surface area contributed by atoms with Gasteiger partial charge in [-0.05, 0) is 6.42 Å². The Morgan fingerprint density at radius 1 is 1.32 bits per heavy atom. The Morgan fingerprint density at radius 3 is 2.58 bits per heavy atom. The summed E-state index contributed by atoms with van der Waals surface area (Å²) in [5.41, 5.74) is 6.98. The van der Waals surface area contributed by atoms with Crippen LogP contribution in [0.3, 0.4) is 0 Å². The van der Waals surface area contributed by atoms with Gasteiger partial charge in [-0.25, -0.2) is 9.97 Å². The van der Waals surface area contributed by atoms with Crippen LogP contribution >= 0.6 is 0 Å². The van der Waals surface area contributed by atoms with Crippen molar-refractivity contribution >= 4 is 17.5 Å². The third kappa shape index (κ3) is 2.94. The summed E-state index contributed by atoms with van der Waals surface area (Å²) in [7, 11) is 0. The van der Waals surface area contributed by atoms with Crippen molar-refractivity contribution in [3.63, 3.8) is 0 Å². The van der Waals surface area contributed by atoms with Gasteiger partial charge in [0, 0.05) is 38.7 Å². The molecule has 0 aliphatic carbocycles. The summed E-state index contributed by atoms with van der Waals surface area (Å²) in [5, 5.41) is 0. The monoisotopic (exact) mass is 263 g/mol. The smallest absolute Gasteiger partial charge is 0.219 e. The molecule has 0 aromatic carbocycles. The molecule has 1 aromatic heterocycles. The predicted molar refractivity (Wildman–Crippen MR) is 74.9 cm³/mol. The highest BCUT2D eigenvalue weighted by atomic mass is 16.2. The van der Waals surface area contributed by atoms with E-state index in [1.807, 2.05) is 4.90 Å². The second-order valence-electron chi connectivity index (χ2n) is 4.80. The first-order valence-corrected chi connectivity index (χ1v) is 6.73. The van der Waals surface area contributed by atoms with Crippen LogP contribution in [0.1, 0.15) is 25.8 Å². The highest BCUT2D eigenvalue weighted by Gasteiger charge is 2.22. The topological polar surface area (TPSA) is 75.3 Å². The van der Waals surface area contributed by atoms with Crippen LogP contribution in [0.4, 0.5) is 11.6 Å². The van der Waals surface area contributed by atoms with Crippen LogP contribution in [-0.2, 0) is 11.2 Å². The molecule has 0 spiro atoms. The summed E-state index contributed by atoms with van der Waals surface area (Å²) in [5.74, 6) is 1.63. The number of amides is 1. The number of aromatic nitrogens is 2. The summed E-state index contributed by atoms with van der Waals surface area (Å²) >= 11 is 0. The Labute approximate surface area is 113 Å². The summed E-state index contributed by atoms with van der Waals surface area (Å²) in [6.45, 7) is 6.81. The highest BCUT2D eigenvalue weighted by molar-refractivity contribution is 5.73. The van der Waals surface area contributed by atoms with Crippen LogP contribution in [-0.4, -0.2) is 47.0 Å². The third-order valence-electron chi connectivity index (χ3n) is 3.48. The first-order chi connectivity index (χ1) is 9.13. The van der Waals surface area contributed by atoms with Crippen molar-refractivity contribution in [1.82, 2.24) is 14.9 Å². The Balaban J connectivity index is 2.15. The van der Waals surface area contributed by atoms with Gasteiger partial charge in [-0.2, -0.15) is 0 Å². The standard InChI is InChI=1S/C13H21N5O/c1-3-4-11-12(14)15-9-16-13(11)18-7-5-17(6-8-18)10(2)19/h9H,3-8H2,1-2H3,(H2,14,15,16). The molecule has 0 radical (unpaired) electrons. The van der Waals surface area contributed by atoms with E-state index in [1.54, 1.807) is 6.92 Å². The van der Waals surface area contributed by atoms with E-state index >= 15 is 0 Å². The van der Waals surface area contributed by atoms with Gasteiger partial charge in [0.25, 0.3) is 0 Å². The zero-order valence-corrected chi connectivity index (χ0v) is 11.6. The molecule has 19 heavy (non-hydrogen) atoms. The molecule has 1 aliphatic rings. The minimum Gasteiger partial charge on any atom is -0.383 e. The van der Waals surface area contributed by atoms with Gasteiger partial charge in [-0.15, -0.1) is 0 Å². The van der Waals surface area contributed by atoms with Gasteiger partial charge in [0.1, 0.15) is 18.0 Å². The summed E-state index contributed by atoms with van der Waals surface area (Å²) in [6.07, 6.45) is 3.41. The second-order valence-corrected chi connectivity index (χ2v) is 4.80. The van der Waals surface area contributed by atoms with Gasteiger partial charge < -0.3 is 15.5 Å². The molecule has 1 aromatic rings. The largest absolute Gasteiger partial charge is 0.383 e. The van der Waals surface area contributed by atoms with Crippen molar-refractivity contribution < 1.29 is 4.79 Å². The zero-order valence-electron chi connectivity index (χ0n) is 11.6. The first-order valence-electron chi connectivity index (χ1n) is 6.73. The fraction of sp³-hybridized carbons (Fsp3) is 0.615. The van der Waals surface area contributed by atoms with Crippen LogP contribution < -0.4 is 10.6 Å². The lowest BCUT2D eigenvalue weighted by molar-refractivity contribution is -0.129. The maximum Gasteiger partial charge on any atom is 0.219 e. The molecular weight excluding hydrogens is 242 g/mol. The lowest BCUT2D eigenvalue weighted by atomic mass is 10.1. The van der Waals surface area contributed by atoms with E-state index < -0.39 is 0 Å². The number of nitrogens with zero attached hydrogens (tertiary/aromatic N) is 4. The number of carbonyl (C=O) groups excluding carboxylic acids is 1. The fourth-order valence-electron chi connectivity index (χ4n) is 2.41. The quantitative estimate of drug-likeness (QED) is 0.868. The molecule has 2 heterocycles. The summed E-state index contributed by atoms with van der Waals surface area (Å²) in [6, 6.07) is 0. The van der Waals surface area contributed by atoms with Gasteiger partial charge in [0.15, 0.2) is 0 Å². The molecule has 1 saturated heterocycles. The van der Waals surface area contributed by atoms with Crippen molar-refractivity contribution in [1.29, 1.82) is 0 Å². The van der Waals surface area contributed by atoms with E-state index in [0.29, 0.717) is 5.82 Å². The van der Waals surface area contributed by atoms with Crippen molar-refractivity contribution in [2.24, 2.45) is 0 Å². The van der Waals surface area contributed by atoms with E-state index in [2.05, 4.69) is 21.8 Å². The minimum atomic E-state index is 0.135. The van der Waals surface area contributed by atoms with Crippen LogP contribution in [0.25, 0.3) is 0 Å². The summed E-state index contributed by atoms with van der Waals surface area (Å²) < 4.78 is 0. The molecule has 2 rings (SSSR count). The third-order valence-corrected chi connectivity index (χ3v) is 3.48. The van der Waals surface area contributed by atoms with Crippen LogP contribution in [0, 0.1) is 0 Å².